The summed E-state index contributed by atoms with van der Waals surface area (Å²) in [5.74, 6) is 1.01. The third kappa shape index (κ3) is 3.27. The lowest BCUT2D eigenvalue weighted by atomic mass is 10.0. The zero-order valence-electron chi connectivity index (χ0n) is 15.3. The number of thiazole rings is 1. The van der Waals surface area contributed by atoms with Gasteiger partial charge in [-0.15, -0.1) is 21.5 Å². The molecule has 28 heavy (non-hydrogen) atoms. The van der Waals surface area contributed by atoms with Gasteiger partial charge in [0.1, 0.15) is 0 Å². The first-order valence-corrected chi connectivity index (χ1v) is 11.0. The minimum absolute atomic E-state index is 0.00544. The van der Waals surface area contributed by atoms with Gasteiger partial charge in [-0.3, -0.25) is 9.20 Å². The third-order valence-corrected chi connectivity index (χ3v) is 6.86. The van der Waals surface area contributed by atoms with Crippen molar-refractivity contribution >= 4 is 28.1 Å². The average Bonchev–Trinajstić information content (AvgIpc) is 3.31. The van der Waals surface area contributed by atoms with Crippen LogP contribution in [0.1, 0.15) is 34.7 Å². The summed E-state index contributed by atoms with van der Waals surface area (Å²) in [6, 6.07) is 9.58. The molecule has 0 fully saturated rings. The molecular weight excluding hydrogens is 392 g/mol. The zero-order chi connectivity index (χ0) is 19.1. The Morgan fingerprint density at radius 2 is 2.00 bits per heavy atom. The van der Waals surface area contributed by atoms with Crippen molar-refractivity contribution in [2.75, 3.05) is 0 Å². The number of nitrogens with zero attached hydrogens (tertiary/aromatic N) is 4. The van der Waals surface area contributed by atoms with Crippen LogP contribution in [-0.2, 0) is 18.6 Å². The van der Waals surface area contributed by atoms with Gasteiger partial charge in [-0.2, -0.15) is 0 Å². The predicted molar refractivity (Wildman–Crippen MR) is 110 cm³/mol. The SMILES string of the molecule is Cc1ccc(-c2nnc(SCc3cc(=O)n4c5c(sc4n3)CCCC5)o2)cc1. The van der Waals surface area contributed by atoms with Crippen LogP contribution in [0.4, 0.5) is 0 Å². The van der Waals surface area contributed by atoms with Crippen LogP contribution in [0.3, 0.4) is 0 Å². The van der Waals surface area contributed by atoms with E-state index in [9.17, 15) is 4.79 Å². The minimum atomic E-state index is 0.00544. The Bertz CT molecular complexity index is 1210. The smallest absolute Gasteiger partial charge is 0.277 e. The van der Waals surface area contributed by atoms with Gasteiger partial charge in [0.05, 0.1) is 5.69 Å². The fraction of sp³-hybridized carbons (Fsp3) is 0.300. The second-order valence-electron chi connectivity index (χ2n) is 6.91. The molecule has 6 nitrogen and oxygen atoms in total. The molecule has 0 spiro atoms. The Morgan fingerprint density at radius 1 is 1.18 bits per heavy atom. The Morgan fingerprint density at radius 3 is 2.86 bits per heavy atom. The highest BCUT2D eigenvalue weighted by molar-refractivity contribution is 7.98. The van der Waals surface area contributed by atoms with Crippen molar-refractivity contribution < 1.29 is 4.42 Å². The van der Waals surface area contributed by atoms with Gasteiger partial charge < -0.3 is 4.42 Å². The van der Waals surface area contributed by atoms with Gasteiger partial charge in [0.15, 0.2) is 4.96 Å². The highest BCUT2D eigenvalue weighted by Gasteiger charge is 2.18. The fourth-order valence-electron chi connectivity index (χ4n) is 3.43. The molecule has 4 aromatic rings. The molecular formula is C20H18N4O2S2. The summed E-state index contributed by atoms with van der Waals surface area (Å²) in [5.41, 5.74) is 3.98. The van der Waals surface area contributed by atoms with Crippen molar-refractivity contribution in [3.05, 3.63) is 62.5 Å². The molecule has 1 aliphatic rings. The van der Waals surface area contributed by atoms with Crippen LogP contribution >= 0.6 is 23.1 Å². The lowest BCUT2D eigenvalue weighted by molar-refractivity contribution is 0.466. The van der Waals surface area contributed by atoms with E-state index in [1.807, 2.05) is 31.2 Å². The van der Waals surface area contributed by atoms with Crippen LogP contribution in [0.15, 0.2) is 44.8 Å². The van der Waals surface area contributed by atoms with Crippen LogP contribution in [-0.4, -0.2) is 19.6 Å². The molecule has 0 saturated carbocycles. The van der Waals surface area contributed by atoms with E-state index in [4.69, 9.17) is 9.40 Å². The summed E-state index contributed by atoms with van der Waals surface area (Å²) >= 11 is 3.04. The second-order valence-corrected chi connectivity index (χ2v) is 8.90. The summed E-state index contributed by atoms with van der Waals surface area (Å²) in [5, 5.41) is 8.70. The van der Waals surface area contributed by atoms with Crippen LogP contribution in [0.5, 0.6) is 0 Å². The largest absolute Gasteiger partial charge is 0.411 e. The minimum Gasteiger partial charge on any atom is -0.411 e. The Balaban J connectivity index is 1.36. The molecule has 0 amide bonds. The lowest BCUT2D eigenvalue weighted by Crippen LogP contribution is -2.17. The van der Waals surface area contributed by atoms with E-state index < -0.39 is 0 Å². The number of aromatic nitrogens is 4. The number of thioether (sulfide) groups is 1. The molecule has 0 saturated heterocycles. The molecule has 0 unspecified atom stereocenters. The Hall–Kier alpha value is -2.45. The maximum Gasteiger partial charge on any atom is 0.277 e. The highest BCUT2D eigenvalue weighted by Crippen LogP contribution is 2.29. The fourth-order valence-corrected chi connectivity index (χ4v) is 5.32. The highest BCUT2D eigenvalue weighted by atomic mass is 32.2. The predicted octanol–water partition coefficient (Wildman–Crippen LogP) is 4.29. The van der Waals surface area contributed by atoms with Crippen molar-refractivity contribution in [1.29, 1.82) is 0 Å². The number of rotatable bonds is 4. The van der Waals surface area contributed by atoms with Crippen molar-refractivity contribution in [2.24, 2.45) is 0 Å². The van der Waals surface area contributed by atoms with Crippen molar-refractivity contribution in [2.45, 2.75) is 43.6 Å². The van der Waals surface area contributed by atoms with Crippen molar-refractivity contribution in [1.82, 2.24) is 19.6 Å². The monoisotopic (exact) mass is 410 g/mol. The molecule has 5 rings (SSSR count). The number of hydrogen-bond donors (Lipinski definition) is 0. The topological polar surface area (TPSA) is 73.3 Å². The maximum atomic E-state index is 12.6. The van der Waals surface area contributed by atoms with Crippen LogP contribution in [0.2, 0.25) is 0 Å². The van der Waals surface area contributed by atoms with E-state index in [-0.39, 0.29) is 5.56 Å². The quantitative estimate of drug-likeness (QED) is 0.468. The van der Waals surface area contributed by atoms with E-state index in [0.717, 1.165) is 41.2 Å². The molecule has 3 aromatic heterocycles. The Labute approximate surface area is 169 Å². The summed E-state index contributed by atoms with van der Waals surface area (Å²) < 4.78 is 7.53. The zero-order valence-corrected chi connectivity index (χ0v) is 17.0. The molecule has 0 bridgehead atoms. The molecule has 8 heteroatoms. The van der Waals surface area contributed by atoms with Crippen molar-refractivity contribution in [3.8, 4) is 11.5 Å². The van der Waals surface area contributed by atoms with Gasteiger partial charge in [0, 0.05) is 28.0 Å². The van der Waals surface area contributed by atoms with E-state index in [1.54, 1.807) is 21.8 Å². The number of aryl methyl sites for hydroxylation is 3. The van der Waals surface area contributed by atoms with Crippen LogP contribution in [0.25, 0.3) is 16.4 Å². The standard InChI is InChI=1S/C20H18N4O2S2/c1-12-6-8-13(9-7-12)18-22-23-20(26-18)27-11-14-10-17(25)24-15-4-2-3-5-16(15)28-19(24)21-14/h6-10H,2-5,11H2,1H3. The third-order valence-electron chi connectivity index (χ3n) is 4.86. The molecule has 0 atom stereocenters. The summed E-state index contributed by atoms with van der Waals surface area (Å²) in [6.07, 6.45) is 4.35. The number of fused-ring (bicyclic) bond motifs is 3. The molecule has 3 heterocycles. The molecule has 1 aliphatic carbocycles. The van der Waals surface area contributed by atoms with Gasteiger partial charge in [-0.05, 0) is 44.7 Å². The van der Waals surface area contributed by atoms with E-state index in [0.29, 0.717) is 16.9 Å². The first-order valence-electron chi connectivity index (χ1n) is 9.24. The van der Waals surface area contributed by atoms with Crippen LogP contribution in [0, 0.1) is 6.92 Å². The van der Waals surface area contributed by atoms with Gasteiger partial charge >= 0.3 is 0 Å². The first-order chi connectivity index (χ1) is 13.7. The normalized spacial score (nSPS) is 13.8. The summed E-state index contributed by atoms with van der Waals surface area (Å²) in [7, 11) is 0. The average molecular weight is 411 g/mol. The van der Waals surface area contributed by atoms with Crippen LogP contribution < -0.4 is 5.56 Å². The van der Waals surface area contributed by atoms with E-state index in [1.165, 1.54) is 28.6 Å². The number of benzene rings is 1. The molecule has 0 N–H and O–H groups in total. The van der Waals surface area contributed by atoms with Crippen molar-refractivity contribution in [3.63, 3.8) is 0 Å². The summed E-state index contributed by atoms with van der Waals surface area (Å²) in [6.45, 7) is 2.04. The second kappa shape index (κ2) is 7.18. The molecule has 1 aromatic carbocycles. The molecule has 142 valence electrons. The van der Waals surface area contributed by atoms with E-state index in [2.05, 4.69) is 10.2 Å². The molecule has 0 radical (unpaired) electrons. The maximum absolute atomic E-state index is 12.6. The van der Waals surface area contributed by atoms with E-state index >= 15 is 0 Å². The van der Waals surface area contributed by atoms with Gasteiger partial charge in [0.25, 0.3) is 10.8 Å². The first kappa shape index (κ1) is 17.6. The Kier molecular flexibility index (Phi) is 4.52. The van der Waals surface area contributed by atoms with Gasteiger partial charge in [-0.1, -0.05) is 29.5 Å². The lowest BCUT2D eigenvalue weighted by Gasteiger charge is -2.09. The van der Waals surface area contributed by atoms with Gasteiger partial charge in [0.2, 0.25) is 5.89 Å². The molecule has 0 aliphatic heterocycles. The number of hydrogen-bond acceptors (Lipinski definition) is 7. The summed E-state index contributed by atoms with van der Waals surface area (Å²) in [4.78, 5) is 19.4. The van der Waals surface area contributed by atoms with Gasteiger partial charge in [-0.25, -0.2) is 4.98 Å².